The van der Waals surface area contributed by atoms with Crippen LogP contribution >= 0.6 is 23.2 Å². The van der Waals surface area contributed by atoms with Crippen molar-refractivity contribution in [2.24, 2.45) is 0 Å². The molecule has 0 N–H and O–H groups in total. The normalized spacial score (nSPS) is 10.2. The minimum Gasteiger partial charge on any atom is -0.496 e. The minimum absolute atomic E-state index is 0.315. The topological polar surface area (TPSA) is 31.4 Å². The van der Waals surface area contributed by atoms with Crippen LogP contribution in [0.3, 0.4) is 0 Å². The molecule has 0 spiro atoms. The molecular weight excluding hydrogens is 273 g/mol. The van der Waals surface area contributed by atoms with E-state index < -0.39 is 0 Å². The maximum absolute atomic E-state index is 5.94. The quantitative estimate of drug-likeness (QED) is 0.796. The summed E-state index contributed by atoms with van der Waals surface area (Å²) in [7, 11) is 1.60. The molecule has 1 aromatic carbocycles. The molecule has 0 saturated heterocycles. The molecule has 94 valence electrons. The van der Waals surface area contributed by atoms with Crippen LogP contribution in [-0.2, 0) is 6.61 Å². The highest BCUT2D eigenvalue weighted by atomic mass is 35.5. The van der Waals surface area contributed by atoms with Gasteiger partial charge in [0.2, 0.25) is 0 Å². The molecule has 0 aliphatic carbocycles. The predicted octanol–water partition coefficient (Wildman–Crippen LogP) is 3.98. The lowest BCUT2D eigenvalue weighted by Crippen LogP contribution is -1.99. The van der Waals surface area contributed by atoms with Crippen LogP contribution in [0.5, 0.6) is 11.5 Å². The first-order chi connectivity index (χ1) is 8.70. The molecule has 2 aromatic rings. The van der Waals surface area contributed by atoms with Crippen LogP contribution in [0.2, 0.25) is 10.2 Å². The molecule has 18 heavy (non-hydrogen) atoms. The summed E-state index contributed by atoms with van der Waals surface area (Å²) in [6, 6.07) is 8.88. The van der Waals surface area contributed by atoms with Crippen molar-refractivity contribution in [3.8, 4) is 11.5 Å². The van der Waals surface area contributed by atoms with E-state index in [1.54, 1.807) is 43.6 Å². The summed E-state index contributed by atoms with van der Waals surface area (Å²) >= 11 is 11.8. The van der Waals surface area contributed by atoms with Gasteiger partial charge < -0.3 is 9.47 Å². The van der Waals surface area contributed by atoms with E-state index in [0.717, 1.165) is 11.3 Å². The van der Waals surface area contributed by atoms with Crippen LogP contribution in [0.4, 0.5) is 0 Å². The number of pyridine rings is 1. The Morgan fingerprint density at radius 2 is 2.00 bits per heavy atom. The Labute approximate surface area is 115 Å². The van der Waals surface area contributed by atoms with Gasteiger partial charge in [0.25, 0.3) is 0 Å². The van der Waals surface area contributed by atoms with E-state index in [2.05, 4.69) is 4.98 Å². The average molecular weight is 284 g/mol. The van der Waals surface area contributed by atoms with E-state index in [4.69, 9.17) is 32.7 Å². The van der Waals surface area contributed by atoms with Crippen LogP contribution < -0.4 is 9.47 Å². The number of ether oxygens (including phenoxy) is 2. The van der Waals surface area contributed by atoms with Gasteiger partial charge in [0.1, 0.15) is 12.4 Å². The molecule has 0 amide bonds. The maximum atomic E-state index is 5.94. The van der Waals surface area contributed by atoms with Crippen LogP contribution in [0, 0.1) is 0 Å². The minimum atomic E-state index is 0.315. The molecule has 0 bridgehead atoms. The highest BCUT2D eigenvalue weighted by Gasteiger charge is 2.07. The zero-order chi connectivity index (χ0) is 13.0. The van der Waals surface area contributed by atoms with E-state index in [9.17, 15) is 0 Å². The second-order valence-corrected chi connectivity index (χ2v) is 4.33. The zero-order valence-electron chi connectivity index (χ0n) is 9.69. The van der Waals surface area contributed by atoms with Gasteiger partial charge in [-0.3, -0.25) is 0 Å². The lowest BCUT2D eigenvalue weighted by molar-refractivity contribution is 0.296. The molecule has 0 aliphatic heterocycles. The summed E-state index contributed by atoms with van der Waals surface area (Å²) in [5.41, 5.74) is 0.852. The van der Waals surface area contributed by atoms with Crippen molar-refractivity contribution in [1.29, 1.82) is 0 Å². The highest BCUT2D eigenvalue weighted by molar-refractivity contribution is 6.31. The first-order valence-corrected chi connectivity index (χ1v) is 6.02. The molecule has 3 nitrogen and oxygen atoms in total. The first kappa shape index (κ1) is 13.0. The third kappa shape index (κ3) is 3.06. The van der Waals surface area contributed by atoms with Crippen LogP contribution in [0.15, 0.2) is 36.5 Å². The number of hydrogen-bond donors (Lipinski definition) is 0. The average Bonchev–Trinajstić information content (AvgIpc) is 2.38. The van der Waals surface area contributed by atoms with Crippen LogP contribution in [0.25, 0.3) is 0 Å². The standard InChI is InChI=1S/C13H11Cl2NO2/c1-17-11-5-4-10(14)7-9(11)8-18-12-3-2-6-16-13(12)15/h2-7H,8H2,1H3. The summed E-state index contributed by atoms with van der Waals surface area (Å²) in [4.78, 5) is 3.93. The summed E-state index contributed by atoms with van der Waals surface area (Å²) in [6.07, 6.45) is 1.61. The molecule has 0 atom stereocenters. The maximum Gasteiger partial charge on any atom is 0.171 e. The molecule has 0 fully saturated rings. The van der Waals surface area contributed by atoms with Crippen molar-refractivity contribution in [1.82, 2.24) is 4.98 Å². The Hall–Kier alpha value is -1.45. The smallest absolute Gasteiger partial charge is 0.171 e. The second kappa shape index (κ2) is 5.94. The predicted molar refractivity (Wildman–Crippen MR) is 71.6 cm³/mol. The number of aromatic nitrogens is 1. The van der Waals surface area contributed by atoms with Crippen molar-refractivity contribution < 1.29 is 9.47 Å². The van der Waals surface area contributed by atoms with Crippen molar-refractivity contribution in [2.75, 3.05) is 7.11 Å². The lowest BCUT2D eigenvalue weighted by Gasteiger charge is -2.11. The van der Waals surface area contributed by atoms with Gasteiger partial charge >= 0.3 is 0 Å². The van der Waals surface area contributed by atoms with E-state index in [1.165, 1.54) is 0 Å². The van der Waals surface area contributed by atoms with E-state index in [1.807, 2.05) is 0 Å². The molecule has 2 rings (SSSR count). The molecule has 0 unspecified atom stereocenters. The van der Waals surface area contributed by atoms with Gasteiger partial charge in [-0.1, -0.05) is 23.2 Å². The number of halogens is 2. The summed E-state index contributed by atoms with van der Waals surface area (Å²) < 4.78 is 10.8. The Morgan fingerprint density at radius 3 is 2.72 bits per heavy atom. The van der Waals surface area contributed by atoms with Crippen molar-refractivity contribution in [3.05, 3.63) is 52.3 Å². The molecule has 0 saturated carbocycles. The second-order valence-electron chi connectivity index (χ2n) is 3.54. The third-order valence-electron chi connectivity index (χ3n) is 2.35. The Morgan fingerprint density at radius 1 is 1.17 bits per heavy atom. The number of methoxy groups -OCH3 is 1. The SMILES string of the molecule is COc1ccc(Cl)cc1COc1cccnc1Cl. The Balaban J connectivity index is 2.15. The third-order valence-corrected chi connectivity index (χ3v) is 2.87. The van der Waals surface area contributed by atoms with Gasteiger partial charge in [-0.25, -0.2) is 4.98 Å². The monoisotopic (exact) mass is 283 g/mol. The molecule has 1 aromatic heterocycles. The lowest BCUT2D eigenvalue weighted by atomic mass is 10.2. The fourth-order valence-electron chi connectivity index (χ4n) is 1.49. The van der Waals surface area contributed by atoms with Gasteiger partial charge in [-0.15, -0.1) is 0 Å². The van der Waals surface area contributed by atoms with Crippen LogP contribution in [-0.4, -0.2) is 12.1 Å². The molecule has 1 heterocycles. The van der Waals surface area contributed by atoms with Gasteiger partial charge in [0, 0.05) is 16.8 Å². The fraction of sp³-hybridized carbons (Fsp3) is 0.154. The van der Waals surface area contributed by atoms with E-state index in [0.29, 0.717) is 22.5 Å². The summed E-state index contributed by atoms with van der Waals surface area (Å²) in [5, 5.41) is 0.963. The number of nitrogens with zero attached hydrogens (tertiary/aromatic N) is 1. The zero-order valence-corrected chi connectivity index (χ0v) is 11.2. The molecule has 5 heteroatoms. The highest BCUT2D eigenvalue weighted by Crippen LogP contribution is 2.26. The van der Waals surface area contributed by atoms with Crippen LogP contribution in [0.1, 0.15) is 5.56 Å². The number of benzene rings is 1. The summed E-state index contributed by atoms with van der Waals surface area (Å²) in [6.45, 7) is 0.315. The Bertz CT molecular complexity index is 546. The number of hydrogen-bond acceptors (Lipinski definition) is 3. The number of rotatable bonds is 4. The van der Waals surface area contributed by atoms with Gasteiger partial charge in [0.05, 0.1) is 7.11 Å². The molecule has 0 aliphatic rings. The fourth-order valence-corrected chi connectivity index (χ4v) is 1.86. The largest absolute Gasteiger partial charge is 0.496 e. The van der Waals surface area contributed by atoms with Crippen molar-refractivity contribution in [3.63, 3.8) is 0 Å². The van der Waals surface area contributed by atoms with E-state index in [-0.39, 0.29) is 0 Å². The van der Waals surface area contributed by atoms with Crippen molar-refractivity contribution in [2.45, 2.75) is 6.61 Å². The van der Waals surface area contributed by atoms with Gasteiger partial charge in [-0.05, 0) is 30.3 Å². The van der Waals surface area contributed by atoms with Gasteiger partial charge in [0.15, 0.2) is 10.9 Å². The molecular formula is C13H11Cl2NO2. The van der Waals surface area contributed by atoms with Crippen molar-refractivity contribution >= 4 is 23.2 Å². The molecule has 0 radical (unpaired) electrons. The Kier molecular flexibility index (Phi) is 4.28. The van der Waals surface area contributed by atoms with Gasteiger partial charge in [-0.2, -0.15) is 0 Å². The summed E-state index contributed by atoms with van der Waals surface area (Å²) in [5.74, 6) is 1.25. The van der Waals surface area contributed by atoms with E-state index >= 15 is 0 Å². The first-order valence-electron chi connectivity index (χ1n) is 5.26.